The number of nitrogens with zero attached hydrogens (tertiary/aromatic N) is 2. The molecule has 0 unspecified atom stereocenters. The second-order valence-electron chi connectivity index (χ2n) is 6.71. The molecule has 152 valence electrons. The van der Waals surface area contributed by atoms with E-state index in [2.05, 4.69) is 5.16 Å². The summed E-state index contributed by atoms with van der Waals surface area (Å²) in [6.07, 6.45) is 0. The lowest BCUT2D eigenvalue weighted by Gasteiger charge is -2.23. The van der Waals surface area contributed by atoms with Crippen molar-refractivity contribution in [2.75, 3.05) is 12.0 Å². The number of amides is 1. The fraction of sp³-hybridized carbons (Fsp3) is 0.136. The first kappa shape index (κ1) is 19.4. The van der Waals surface area contributed by atoms with Crippen LogP contribution in [0.3, 0.4) is 0 Å². The summed E-state index contributed by atoms with van der Waals surface area (Å²) in [5.74, 6) is -1.92. The van der Waals surface area contributed by atoms with Gasteiger partial charge in [0.05, 0.1) is 18.7 Å². The van der Waals surface area contributed by atoms with Crippen LogP contribution in [0.4, 0.5) is 10.2 Å². The third-order valence-electron chi connectivity index (χ3n) is 4.87. The number of benzene rings is 2. The standard InChI is InChI=1S/C22H17FN2O5/c1-12-11-17(24-30-12)25-19(15-5-3-4-6-16(15)23)18(21(27)22(25)28)20(26)13-7-9-14(29-2)10-8-13/h3-11,19,26H,1-2H3/b20-18+/t19-/m1/s1. The molecule has 0 radical (unpaired) electrons. The lowest BCUT2D eigenvalue weighted by Crippen LogP contribution is -2.30. The van der Waals surface area contributed by atoms with E-state index in [1.807, 2.05) is 0 Å². The van der Waals surface area contributed by atoms with E-state index in [0.29, 0.717) is 11.5 Å². The Kier molecular flexibility index (Phi) is 4.83. The lowest BCUT2D eigenvalue weighted by molar-refractivity contribution is -0.132. The molecule has 1 amide bonds. The van der Waals surface area contributed by atoms with Crippen LogP contribution in [0.15, 0.2) is 64.7 Å². The van der Waals surface area contributed by atoms with Crippen LogP contribution in [-0.2, 0) is 9.59 Å². The Bertz CT molecular complexity index is 1170. The van der Waals surface area contributed by atoms with Crippen LogP contribution in [0.25, 0.3) is 5.76 Å². The molecule has 0 bridgehead atoms. The van der Waals surface area contributed by atoms with Crippen LogP contribution in [0.1, 0.15) is 22.9 Å². The summed E-state index contributed by atoms with van der Waals surface area (Å²) in [6, 6.07) is 12.3. The highest BCUT2D eigenvalue weighted by atomic mass is 19.1. The summed E-state index contributed by atoms with van der Waals surface area (Å²) >= 11 is 0. The normalized spacial score (nSPS) is 18.1. The first-order chi connectivity index (χ1) is 14.4. The van der Waals surface area contributed by atoms with Crippen LogP contribution in [0.2, 0.25) is 0 Å². The van der Waals surface area contributed by atoms with Gasteiger partial charge in [-0.05, 0) is 37.3 Å². The molecule has 1 aromatic heterocycles. The molecular formula is C22H17FN2O5. The summed E-state index contributed by atoms with van der Waals surface area (Å²) in [7, 11) is 1.50. The van der Waals surface area contributed by atoms with Crippen molar-refractivity contribution in [1.29, 1.82) is 0 Å². The van der Waals surface area contributed by atoms with Crippen molar-refractivity contribution in [2.45, 2.75) is 13.0 Å². The average Bonchev–Trinajstić information content (AvgIpc) is 3.29. The van der Waals surface area contributed by atoms with Gasteiger partial charge in [-0.15, -0.1) is 0 Å². The summed E-state index contributed by atoms with van der Waals surface area (Å²) in [4.78, 5) is 26.8. The van der Waals surface area contributed by atoms with Crippen LogP contribution in [0.5, 0.6) is 5.75 Å². The SMILES string of the molecule is COc1ccc(/C(O)=C2\C(=O)C(=O)N(c3cc(C)on3)[C@@H]2c2ccccc2F)cc1. The number of aromatic nitrogens is 1. The van der Waals surface area contributed by atoms with Gasteiger partial charge < -0.3 is 14.4 Å². The highest BCUT2D eigenvalue weighted by Crippen LogP contribution is 2.42. The molecular weight excluding hydrogens is 391 g/mol. The molecule has 1 N–H and O–H groups in total. The molecule has 8 heteroatoms. The van der Waals surface area contributed by atoms with E-state index < -0.39 is 29.3 Å². The number of hydrogen-bond donors (Lipinski definition) is 1. The van der Waals surface area contributed by atoms with Crippen molar-refractivity contribution in [1.82, 2.24) is 5.16 Å². The number of hydrogen-bond acceptors (Lipinski definition) is 6. The van der Waals surface area contributed by atoms with Gasteiger partial charge in [-0.25, -0.2) is 4.39 Å². The summed E-state index contributed by atoms with van der Waals surface area (Å²) in [6.45, 7) is 1.63. The zero-order valence-electron chi connectivity index (χ0n) is 16.1. The van der Waals surface area contributed by atoms with Gasteiger partial charge in [0.25, 0.3) is 5.78 Å². The van der Waals surface area contributed by atoms with E-state index in [-0.39, 0.29) is 22.5 Å². The number of anilines is 1. The van der Waals surface area contributed by atoms with Gasteiger partial charge in [-0.3, -0.25) is 14.5 Å². The maximum absolute atomic E-state index is 14.7. The molecule has 0 saturated carbocycles. The highest BCUT2D eigenvalue weighted by Gasteiger charge is 2.48. The molecule has 7 nitrogen and oxygen atoms in total. The topological polar surface area (TPSA) is 92.9 Å². The van der Waals surface area contributed by atoms with Gasteiger partial charge in [0.1, 0.15) is 23.1 Å². The third-order valence-corrected chi connectivity index (χ3v) is 4.87. The number of aliphatic hydroxyl groups is 1. The summed E-state index contributed by atoms with van der Waals surface area (Å²) in [5, 5.41) is 14.7. The van der Waals surface area contributed by atoms with Gasteiger partial charge in [-0.2, -0.15) is 0 Å². The molecule has 1 fully saturated rings. The predicted molar refractivity (Wildman–Crippen MR) is 105 cm³/mol. The zero-order valence-corrected chi connectivity index (χ0v) is 16.1. The third kappa shape index (κ3) is 3.12. The van der Waals surface area contributed by atoms with Crippen molar-refractivity contribution < 1.29 is 28.3 Å². The second-order valence-corrected chi connectivity index (χ2v) is 6.71. The number of ether oxygens (including phenoxy) is 1. The van der Waals surface area contributed by atoms with Crippen molar-refractivity contribution >= 4 is 23.3 Å². The summed E-state index contributed by atoms with van der Waals surface area (Å²) in [5.41, 5.74) is 0.0924. The minimum Gasteiger partial charge on any atom is -0.507 e. The molecule has 0 aliphatic carbocycles. The van der Waals surface area contributed by atoms with Crippen LogP contribution < -0.4 is 9.64 Å². The smallest absolute Gasteiger partial charge is 0.301 e. The van der Waals surface area contributed by atoms with E-state index in [9.17, 15) is 19.1 Å². The number of rotatable bonds is 4. The Labute approximate surface area is 171 Å². The maximum atomic E-state index is 14.7. The van der Waals surface area contributed by atoms with Crippen molar-refractivity contribution in [3.05, 3.63) is 82.9 Å². The Balaban J connectivity index is 1.94. The predicted octanol–water partition coefficient (Wildman–Crippen LogP) is 3.76. The molecule has 2 heterocycles. The van der Waals surface area contributed by atoms with Crippen LogP contribution in [-0.4, -0.2) is 29.1 Å². The number of Topliss-reactive ketones (excluding diaryl/α,β-unsaturated/α-hetero) is 1. The molecule has 1 atom stereocenters. The van der Waals surface area contributed by atoms with Crippen molar-refractivity contribution in [2.24, 2.45) is 0 Å². The quantitative estimate of drug-likeness (QED) is 0.401. The van der Waals surface area contributed by atoms with E-state index in [0.717, 1.165) is 4.90 Å². The van der Waals surface area contributed by atoms with E-state index in [4.69, 9.17) is 9.26 Å². The van der Waals surface area contributed by atoms with Gasteiger partial charge in [0.15, 0.2) is 5.82 Å². The number of aliphatic hydroxyl groups excluding tert-OH is 1. The minimum atomic E-state index is -1.21. The Morgan fingerprint density at radius 3 is 2.47 bits per heavy atom. The van der Waals surface area contributed by atoms with Crippen molar-refractivity contribution in [3.8, 4) is 5.75 Å². The fourth-order valence-electron chi connectivity index (χ4n) is 3.43. The van der Waals surface area contributed by atoms with Crippen molar-refractivity contribution in [3.63, 3.8) is 0 Å². The molecule has 2 aromatic carbocycles. The Morgan fingerprint density at radius 1 is 1.17 bits per heavy atom. The average molecular weight is 408 g/mol. The molecule has 1 aliphatic heterocycles. The van der Waals surface area contributed by atoms with Gasteiger partial charge in [0.2, 0.25) is 0 Å². The fourth-order valence-corrected chi connectivity index (χ4v) is 3.43. The number of carbonyl (C=O) groups is 2. The van der Waals surface area contributed by atoms with Gasteiger partial charge in [0, 0.05) is 17.2 Å². The largest absolute Gasteiger partial charge is 0.507 e. The Hall–Kier alpha value is -3.94. The molecule has 4 rings (SSSR count). The first-order valence-corrected chi connectivity index (χ1v) is 9.05. The molecule has 30 heavy (non-hydrogen) atoms. The highest BCUT2D eigenvalue weighted by molar-refractivity contribution is 6.51. The monoisotopic (exact) mass is 408 g/mol. The Morgan fingerprint density at radius 2 is 1.87 bits per heavy atom. The van der Waals surface area contributed by atoms with Crippen LogP contribution in [0, 0.1) is 12.7 Å². The molecule has 1 saturated heterocycles. The van der Waals surface area contributed by atoms with E-state index in [1.54, 1.807) is 37.3 Å². The number of halogens is 1. The summed E-state index contributed by atoms with van der Waals surface area (Å²) < 4.78 is 24.9. The second kappa shape index (κ2) is 7.47. The zero-order chi connectivity index (χ0) is 21.4. The van der Waals surface area contributed by atoms with E-state index in [1.165, 1.54) is 31.4 Å². The lowest BCUT2D eigenvalue weighted by atomic mass is 9.95. The van der Waals surface area contributed by atoms with Gasteiger partial charge in [-0.1, -0.05) is 23.4 Å². The number of aryl methyl sites for hydroxylation is 1. The van der Waals surface area contributed by atoms with E-state index >= 15 is 0 Å². The first-order valence-electron chi connectivity index (χ1n) is 9.05. The number of carbonyl (C=O) groups excluding carboxylic acids is 2. The molecule has 3 aromatic rings. The number of ketones is 1. The number of methoxy groups -OCH3 is 1. The van der Waals surface area contributed by atoms with Gasteiger partial charge >= 0.3 is 5.91 Å². The molecule has 1 aliphatic rings. The maximum Gasteiger partial charge on any atom is 0.301 e. The minimum absolute atomic E-state index is 0.0485. The van der Waals surface area contributed by atoms with Crippen LogP contribution >= 0.6 is 0 Å². The molecule has 0 spiro atoms.